The normalized spacial score (nSPS) is 19.6. The van der Waals surface area contributed by atoms with E-state index in [1.165, 1.54) is 30.6 Å². The maximum absolute atomic E-state index is 12.6. The van der Waals surface area contributed by atoms with Gasteiger partial charge in [0, 0.05) is 41.2 Å². The standard InChI is InChI=1S/C25H30N2O5S/c28-22(26-17-25(8-4-1-5-9-25)27-10-12-30-13-11-27)16-32-24(29)21-14-18-15-31-20-7-3-2-6-19(20)23(18)33-21/h2-3,6-7,14H,1,4-5,8-13,15-17H2,(H,26,28). The zero-order valence-electron chi connectivity index (χ0n) is 18.8. The number of rotatable bonds is 6. The van der Waals surface area contributed by atoms with Crippen LogP contribution >= 0.6 is 11.3 Å². The molecule has 0 radical (unpaired) electrons. The number of thiophene rings is 1. The summed E-state index contributed by atoms with van der Waals surface area (Å²) in [5.74, 6) is 0.0993. The number of fused-ring (bicyclic) bond motifs is 3. The summed E-state index contributed by atoms with van der Waals surface area (Å²) < 4.78 is 16.7. The minimum atomic E-state index is -0.470. The molecule has 1 saturated heterocycles. The van der Waals surface area contributed by atoms with Crippen molar-refractivity contribution in [3.8, 4) is 16.2 Å². The van der Waals surface area contributed by atoms with Crippen LogP contribution in [0, 0.1) is 0 Å². The summed E-state index contributed by atoms with van der Waals surface area (Å²) in [4.78, 5) is 29.2. The molecule has 0 atom stereocenters. The van der Waals surface area contributed by atoms with Crippen molar-refractivity contribution in [2.24, 2.45) is 0 Å². The topological polar surface area (TPSA) is 77.1 Å². The fourth-order valence-corrected chi connectivity index (χ4v) is 6.26. The first-order chi connectivity index (χ1) is 16.1. The molecule has 1 aromatic carbocycles. The quantitative estimate of drug-likeness (QED) is 0.650. The number of hydrogen-bond acceptors (Lipinski definition) is 7. The second-order valence-electron chi connectivity index (χ2n) is 8.99. The third-order valence-corrected chi connectivity index (χ3v) is 8.13. The van der Waals surface area contributed by atoms with Crippen molar-refractivity contribution in [2.45, 2.75) is 44.2 Å². The summed E-state index contributed by atoms with van der Waals surface area (Å²) in [7, 11) is 0. The molecule has 1 saturated carbocycles. The van der Waals surface area contributed by atoms with Crippen LogP contribution in [-0.4, -0.2) is 61.8 Å². The molecular formula is C25H30N2O5S. The van der Waals surface area contributed by atoms with E-state index in [0.29, 0.717) is 18.0 Å². The molecule has 33 heavy (non-hydrogen) atoms. The van der Waals surface area contributed by atoms with E-state index in [0.717, 1.165) is 60.9 Å². The summed E-state index contributed by atoms with van der Waals surface area (Å²) in [5, 5.41) is 3.04. The molecule has 8 heteroatoms. The number of esters is 1. The molecular weight excluding hydrogens is 440 g/mol. The number of benzene rings is 1. The van der Waals surface area contributed by atoms with E-state index >= 15 is 0 Å². The Kier molecular flexibility index (Phi) is 6.66. The minimum absolute atomic E-state index is 0.0120. The Bertz CT molecular complexity index is 1010. The molecule has 3 aliphatic rings. The van der Waals surface area contributed by atoms with Gasteiger partial charge < -0.3 is 19.5 Å². The Labute approximate surface area is 198 Å². The average molecular weight is 471 g/mol. The van der Waals surface area contributed by atoms with Gasteiger partial charge in [-0.2, -0.15) is 0 Å². The number of ether oxygens (including phenoxy) is 3. The smallest absolute Gasteiger partial charge is 0.348 e. The van der Waals surface area contributed by atoms with E-state index in [9.17, 15) is 9.59 Å². The maximum atomic E-state index is 12.6. The van der Waals surface area contributed by atoms with Crippen LogP contribution in [0.5, 0.6) is 5.75 Å². The van der Waals surface area contributed by atoms with Gasteiger partial charge in [0.25, 0.3) is 5.91 Å². The van der Waals surface area contributed by atoms with Crippen molar-refractivity contribution in [3.63, 3.8) is 0 Å². The highest BCUT2D eigenvalue weighted by atomic mass is 32.1. The van der Waals surface area contributed by atoms with Gasteiger partial charge in [-0.25, -0.2) is 4.79 Å². The number of carbonyl (C=O) groups is 2. The van der Waals surface area contributed by atoms with Crippen LogP contribution in [0.2, 0.25) is 0 Å². The predicted octanol–water partition coefficient (Wildman–Crippen LogP) is 3.62. The first-order valence-electron chi connectivity index (χ1n) is 11.8. The second kappa shape index (κ2) is 9.83. The molecule has 2 fully saturated rings. The van der Waals surface area contributed by atoms with Gasteiger partial charge in [-0.1, -0.05) is 31.4 Å². The number of morpholine rings is 1. The Balaban J connectivity index is 1.17. The monoisotopic (exact) mass is 470 g/mol. The first kappa shape index (κ1) is 22.4. The number of nitrogens with zero attached hydrogens (tertiary/aromatic N) is 1. The van der Waals surface area contributed by atoms with Gasteiger partial charge in [-0.3, -0.25) is 9.69 Å². The molecule has 3 heterocycles. The Morgan fingerprint density at radius 3 is 2.73 bits per heavy atom. The highest BCUT2D eigenvalue weighted by molar-refractivity contribution is 7.17. The van der Waals surface area contributed by atoms with E-state index in [2.05, 4.69) is 10.2 Å². The molecule has 0 spiro atoms. The highest BCUT2D eigenvalue weighted by Gasteiger charge is 2.38. The lowest BCUT2D eigenvalue weighted by Gasteiger charge is -2.48. The second-order valence-corrected chi connectivity index (χ2v) is 10.0. The summed E-state index contributed by atoms with van der Waals surface area (Å²) in [5.41, 5.74) is 1.95. The van der Waals surface area contributed by atoms with Gasteiger partial charge >= 0.3 is 5.97 Å². The third kappa shape index (κ3) is 4.78. The molecule has 5 rings (SSSR count). The fraction of sp³-hybridized carbons (Fsp3) is 0.520. The van der Waals surface area contributed by atoms with Crippen LogP contribution in [0.4, 0.5) is 0 Å². The molecule has 1 N–H and O–H groups in total. The molecule has 1 amide bonds. The first-order valence-corrected chi connectivity index (χ1v) is 12.6. The molecule has 7 nitrogen and oxygen atoms in total. The number of para-hydroxylation sites is 1. The van der Waals surface area contributed by atoms with Crippen molar-refractivity contribution in [1.29, 1.82) is 0 Å². The SMILES string of the molecule is O=C(COC(=O)c1cc2c(s1)-c1ccccc1OC2)NCC1(N2CCOCC2)CCCCC1. The average Bonchev–Trinajstić information content (AvgIpc) is 3.32. The van der Waals surface area contributed by atoms with Gasteiger partial charge in [0.15, 0.2) is 6.61 Å². The van der Waals surface area contributed by atoms with E-state index in [-0.39, 0.29) is 18.1 Å². The zero-order valence-corrected chi connectivity index (χ0v) is 19.6. The largest absolute Gasteiger partial charge is 0.488 e. The lowest BCUT2D eigenvalue weighted by atomic mass is 9.79. The fourth-order valence-electron chi connectivity index (χ4n) is 5.17. The molecule has 2 aromatic rings. The zero-order chi connectivity index (χ0) is 22.7. The number of carbonyl (C=O) groups excluding carboxylic acids is 2. The number of amides is 1. The van der Waals surface area contributed by atoms with E-state index in [4.69, 9.17) is 14.2 Å². The Morgan fingerprint density at radius 2 is 1.91 bits per heavy atom. The van der Waals surface area contributed by atoms with Crippen LogP contribution in [-0.2, 0) is 20.9 Å². The predicted molar refractivity (Wildman–Crippen MR) is 126 cm³/mol. The van der Waals surface area contributed by atoms with Crippen molar-refractivity contribution < 1.29 is 23.8 Å². The van der Waals surface area contributed by atoms with Gasteiger partial charge in [-0.15, -0.1) is 11.3 Å². The molecule has 2 aliphatic heterocycles. The number of nitrogens with one attached hydrogen (secondary N) is 1. The minimum Gasteiger partial charge on any atom is -0.488 e. The molecule has 0 bridgehead atoms. The van der Waals surface area contributed by atoms with Crippen LogP contribution in [0.1, 0.15) is 47.3 Å². The van der Waals surface area contributed by atoms with Crippen molar-refractivity contribution in [1.82, 2.24) is 10.2 Å². The molecule has 176 valence electrons. The summed E-state index contributed by atoms with van der Waals surface area (Å²) in [6.45, 7) is 4.04. The maximum Gasteiger partial charge on any atom is 0.348 e. The van der Waals surface area contributed by atoms with Crippen LogP contribution in [0.15, 0.2) is 30.3 Å². The Morgan fingerprint density at radius 1 is 1.12 bits per heavy atom. The molecule has 1 aliphatic carbocycles. The summed E-state index contributed by atoms with van der Waals surface area (Å²) in [6, 6.07) is 9.61. The third-order valence-electron chi connectivity index (χ3n) is 6.94. The van der Waals surface area contributed by atoms with E-state index < -0.39 is 5.97 Å². The van der Waals surface area contributed by atoms with Gasteiger partial charge in [0.05, 0.1) is 13.2 Å². The summed E-state index contributed by atoms with van der Waals surface area (Å²) >= 11 is 1.39. The number of hydrogen-bond donors (Lipinski definition) is 1. The van der Waals surface area contributed by atoms with Crippen molar-refractivity contribution >= 4 is 23.2 Å². The van der Waals surface area contributed by atoms with Gasteiger partial charge in [0.2, 0.25) is 0 Å². The van der Waals surface area contributed by atoms with Crippen LogP contribution in [0.25, 0.3) is 10.4 Å². The van der Waals surface area contributed by atoms with Gasteiger partial charge in [-0.05, 0) is 31.0 Å². The van der Waals surface area contributed by atoms with Crippen molar-refractivity contribution in [2.75, 3.05) is 39.5 Å². The molecule has 0 unspecified atom stereocenters. The van der Waals surface area contributed by atoms with Crippen molar-refractivity contribution in [3.05, 3.63) is 40.8 Å². The highest BCUT2D eigenvalue weighted by Crippen LogP contribution is 2.42. The molecule has 1 aromatic heterocycles. The lowest BCUT2D eigenvalue weighted by molar-refractivity contribution is -0.125. The Hall–Kier alpha value is -2.42. The lowest BCUT2D eigenvalue weighted by Crippen LogP contribution is -2.59. The van der Waals surface area contributed by atoms with E-state index in [1.54, 1.807) is 0 Å². The van der Waals surface area contributed by atoms with E-state index in [1.807, 2.05) is 30.3 Å². The summed E-state index contributed by atoms with van der Waals surface area (Å²) in [6.07, 6.45) is 5.77. The van der Waals surface area contributed by atoms with Crippen LogP contribution in [0.3, 0.4) is 0 Å². The van der Waals surface area contributed by atoms with Crippen LogP contribution < -0.4 is 10.1 Å². The van der Waals surface area contributed by atoms with Gasteiger partial charge in [0.1, 0.15) is 17.2 Å².